The molecule has 0 heterocycles. The monoisotopic (exact) mass is 216 g/mol. The summed E-state index contributed by atoms with van der Waals surface area (Å²) in [5, 5.41) is 0. The molecule has 1 atom stereocenters. The van der Waals surface area contributed by atoms with Crippen LogP contribution in [0.5, 0.6) is 0 Å². The van der Waals surface area contributed by atoms with Crippen molar-refractivity contribution < 1.29 is 9.22 Å². The molecule has 2 nitrogen and oxygen atoms in total. The first kappa shape index (κ1) is 13.8. The predicted molar refractivity (Wildman–Crippen MR) is 63.3 cm³/mol. The Bertz CT molecular complexity index is 188. The van der Waals surface area contributed by atoms with E-state index in [9.17, 15) is 4.79 Å². The Labute approximate surface area is 91.0 Å². The number of carbonyl (C=O) groups excluding carboxylic acids is 1. The first-order valence-electron chi connectivity index (χ1n) is 5.31. The second kappa shape index (κ2) is 5.08. The van der Waals surface area contributed by atoms with Gasteiger partial charge < -0.3 is 9.22 Å². The third-order valence-electron chi connectivity index (χ3n) is 2.82. The predicted octanol–water partition coefficient (Wildman–Crippen LogP) is 1.70. The highest BCUT2D eigenvalue weighted by molar-refractivity contribution is 5.98. The van der Waals surface area contributed by atoms with Crippen LogP contribution >= 0.6 is 0 Å². The minimum absolute atomic E-state index is 0.0408. The zero-order chi connectivity index (χ0) is 11.4. The van der Waals surface area contributed by atoms with Gasteiger partial charge in [-0.25, -0.2) is 0 Å². The first-order valence-corrected chi connectivity index (χ1v) is 6.12. The number of hydrogen-bond donors (Lipinski definition) is 0. The molecule has 0 N–H and O–H groups in total. The van der Waals surface area contributed by atoms with Gasteiger partial charge in [0.25, 0.3) is 0 Å². The molecule has 0 radical (unpaired) electrons. The van der Waals surface area contributed by atoms with Crippen LogP contribution in [0.1, 0.15) is 47.5 Å². The third-order valence-corrected chi connectivity index (χ3v) is 3.29. The van der Waals surface area contributed by atoms with Crippen LogP contribution in [0.3, 0.4) is 0 Å². The van der Waals surface area contributed by atoms with Crippen molar-refractivity contribution in [3.63, 3.8) is 0 Å². The Morgan fingerprint density at radius 2 is 1.86 bits per heavy atom. The van der Waals surface area contributed by atoms with Crippen molar-refractivity contribution >= 4 is 16.8 Å². The van der Waals surface area contributed by atoms with Gasteiger partial charge in [-0.05, 0) is 11.8 Å². The van der Waals surface area contributed by atoms with Crippen LogP contribution in [0, 0.1) is 10.8 Å². The third kappa shape index (κ3) is 3.21. The molecule has 0 saturated carbocycles. The second-order valence-corrected chi connectivity index (χ2v) is 5.76. The molecule has 0 aromatic carbocycles. The van der Waals surface area contributed by atoms with E-state index in [1.807, 2.05) is 13.8 Å². The number of aldehydes is 1. The molecule has 0 aliphatic carbocycles. The van der Waals surface area contributed by atoms with E-state index in [-0.39, 0.29) is 16.9 Å². The summed E-state index contributed by atoms with van der Waals surface area (Å²) in [5.74, 6) is 0. The van der Waals surface area contributed by atoms with Gasteiger partial charge >= 0.3 is 0 Å². The summed E-state index contributed by atoms with van der Waals surface area (Å²) in [6.07, 6.45) is 3.28. The highest BCUT2D eigenvalue weighted by Gasteiger charge is 2.39. The van der Waals surface area contributed by atoms with E-state index in [2.05, 4.69) is 20.8 Å². The summed E-state index contributed by atoms with van der Waals surface area (Å²) >= 11 is 0. The normalized spacial score (nSPS) is 15.5. The molecule has 0 amide bonds. The van der Waals surface area contributed by atoms with Gasteiger partial charge in [-0.2, -0.15) is 0 Å². The molecule has 0 spiro atoms. The van der Waals surface area contributed by atoms with Crippen molar-refractivity contribution in [3.05, 3.63) is 0 Å². The van der Waals surface area contributed by atoms with Gasteiger partial charge in [0.15, 0.2) is 0 Å². The van der Waals surface area contributed by atoms with Gasteiger partial charge in [-0.1, -0.05) is 41.0 Å². The zero-order valence-corrected chi connectivity index (χ0v) is 12.4. The molecular formula is C11H24O2Si. The number of carbonyl (C=O) groups is 1. The molecule has 0 aliphatic rings. The van der Waals surface area contributed by atoms with Crippen molar-refractivity contribution in [2.75, 3.05) is 0 Å². The minimum atomic E-state index is -0.375. The summed E-state index contributed by atoms with van der Waals surface area (Å²) < 4.78 is 5.63. The first-order chi connectivity index (χ1) is 6.31. The van der Waals surface area contributed by atoms with E-state index in [4.69, 9.17) is 4.43 Å². The number of hydrogen-bond acceptors (Lipinski definition) is 2. The Morgan fingerprint density at radius 1 is 1.36 bits per heavy atom. The smallest absolute Gasteiger partial charge is 0.146 e. The Morgan fingerprint density at radius 3 is 2.14 bits per heavy atom. The van der Waals surface area contributed by atoms with Crippen LogP contribution in [0.2, 0.25) is 0 Å². The lowest BCUT2D eigenvalue weighted by Gasteiger charge is -2.41. The summed E-state index contributed by atoms with van der Waals surface area (Å²) in [4.78, 5) is 11.0. The van der Waals surface area contributed by atoms with Crippen molar-refractivity contribution in [3.8, 4) is 0 Å². The van der Waals surface area contributed by atoms with Crippen molar-refractivity contribution in [2.24, 2.45) is 10.8 Å². The van der Waals surface area contributed by atoms with E-state index in [1.54, 1.807) is 0 Å². The van der Waals surface area contributed by atoms with Gasteiger partial charge in [0, 0.05) is 5.41 Å². The van der Waals surface area contributed by atoms with E-state index in [0.29, 0.717) is 10.5 Å². The average molecular weight is 216 g/mol. The van der Waals surface area contributed by atoms with Gasteiger partial charge in [0.2, 0.25) is 0 Å². The zero-order valence-electron chi connectivity index (χ0n) is 10.4. The molecular weight excluding hydrogens is 192 g/mol. The van der Waals surface area contributed by atoms with Gasteiger partial charge in [-0.3, -0.25) is 0 Å². The van der Waals surface area contributed by atoms with Crippen LogP contribution < -0.4 is 0 Å². The van der Waals surface area contributed by atoms with E-state index >= 15 is 0 Å². The summed E-state index contributed by atoms with van der Waals surface area (Å²) in [6.45, 7) is 10.5. The standard InChI is InChI=1S/C11H24O2Si/c1-6-7-10(2,3)9(13-14)11(4,5)8-12/h8-9H,6-7H2,1-5,14H3. The Balaban J connectivity index is 4.78. The maximum Gasteiger partial charge on any atom is 0.146 e. The maximum absolute atomic E-state index is 11.0. The maximum atomic E-state index is 11.0. The Kier molecular flexibility index (Phi) is 5.02. The van der Waals surface area contributed by atoms with E-state index < -0.39 is 0 Å². The van der Waals surface area contributed by atoms with Crippen LogP contribution in [0.4, 0.5) is 0 Å². The molecule has 14 heavy (non-hydrogen) atoms. The van der Waals surface area contributed by atoms with Gasteiger partial charge in [-0.15, -0.1) is 0 Å². The molecule has 0 bridgehead atoms. The molecule has 0 aromatic heterocycles. The second-order valence-electron chi connectivity index (χ2n) is 5.29. The van der Waals surface area contributed by atoms with E-state index in [1.165, 1.54) is 0 Å². The van der Waals surface area contributed by atoms with Gasteiger partial charge in [0.05, 0.1) is 6.10 Å². The number of rotatable bonds is 6. The largest absolute Gasteiger partial charge is 0.424 e. The highest BCUT2D eigenvalue weighted by Crippen LogP contribution is 2.38. The van der Waals surface area contributed by atoms with Crippen LogP contribution in [-0.4, -0.2) is 22.9 Å². The molecule has 0 aliphatic heterocycles. The highest BCUT2D eigenvalue weighted by atomic mass is 28.2. The van der Waals surface area contributed by atoms with Crippen molar-refractivity contribution in [2.45, 2.75) is 53.6 Å². The molecule has 0 aromatic rings. The lowest BCUT2D eigenvalue weighted by molar-refractivity contribution is -0.123. The quantitative estimate of drug-likeness (QED) is 0.499. The van der Waals surface area contributed by atoms with Crippen LogP contribution in [-0.2, 0) is 9.22 Å². The van der Waals surface area contributed by atoms with Crippen LogP contribution in [0.15, 0.2) is 0 Å². The van der Waals surface area contributed by atoms with Crippen molar-refractivity contribution in [1.29, 1.82) is 0 Å². The Hall–Kier alpha value is -0.153. The SMILES string of the molecule is CCCC(C)(C)C(O[SiH3])C(C)(C)C=O. The topological polar surface area (TPSA) is 26.3 Å². The summed E-state index contributed by atoms with van der Waals surface area (Å²) in [5.41, 5.74) is -0.290. The molecule has 84 valence electrons. The summed E-state index contributed by atoms with van der Waals surface area (Å²) in [7, 11) is 0.687. The summed E-state index contributed by atoms with van der Waals surface area (Å²) in [6, 6.07) is 0. The average Bonchev–Trinajstić information content (AvgIpc) is 2.04. The minimum Gasteiger partial charge on any atom is -0.424 e. The van der Waals surface area contributed by atoms with E-state index in [0.717, 1.165) is 19.1 Å². The molecule has 3 heteroatoms. The molecule has 1 unspecified atom stereocenters. The lowest BCUT2D eigenvalue weighted by atomic mass is 9.71. The molecule has 0 saturated heterocycles. The fourth-order valence-corrected chi connectivity index (χ4v) is 3.71. The fourth-order valence-electron chi connectivity index (χ4n) is 2.47. The lowest BCUT2D eigenvalue weighted by Crippen LogP contribution is -2.44. The molecule has 0 fully saturated rings. The molecule has 0 rings (SSSR count). The van der Waals surface area contributed by atoms with Crippen molar-refractivity contribution in [1.82, 2.24) is 0 Å². The van der Waals surface area contributed by atoms with Gasteiger partial charge in [0.1, 0.15) is 16.8 Å². The van der Waals surface area contributed by atoms with Crippen LogP contribution in [0.25, 0.3) is 0 Å². The fraction of sp³-hybridized carbons (Fsp3) is 0.909.